The number of halogens is 1. The van der Waals surface area contributed by atoms with Gasteiger partial charge in [0.25, 0.3) is 5.91 Å². The molecular weight excluding hydrogens is 343 g/mol. The van der Waals surface area contributed by atoms with Gasteiger partial charge in [-0.15, -0.1) is 0 Å². The molecule has 18 heavy (non-hydrogen) atoms. The number of pyridine rings is 1. The van der Waals surface area contributed by atoms with E-state index >= 15 is 0 Å². The number of hydrogen-bond donors (Lipinski definition) is 1. The van der Waals surface area contributed by atoms with Gasteiger partial charge in [0.15, 0.2) is 0 Å². The molecule has 1 amide bonds. The van der Waals surface area contributed by atoms with Crippen LogP contribution < -0.4 is 10.1 Å². The molecule has 92 valence electrons. The molecule has 0 spiro atoms. The van der Waals surface area contributed by atoms with Crippen LogP contribution in [0.5, 0.6) is 5.75 Å². The van der Waals surface area contributed by atoms with Crippen molar-refractivity contribution in [3.05, 3.63) is 51.7 Å². The summed E-state index contributed by atoms with van der Waals surface area (Å²) < 4.78 is 6.09. The van der Waals surface area contributed by atoms with Crippen molar-refractivity contribution in [3.8, 4) is 5.75 Å². The third kappa shape index (κ3) is 3.19. The van der Waals surface area contributed by atoms with Crippen LogP contribution in [0.1, 0.15) is 10.4 Å². The van der Waals surface area contributed by atoms with Crippen molar-refractivity contribution in [2.75, 3.05) is 12.4 Å². The number of amides is 1. The van der Waals surface area contributed by atoms with Crippen LogP contribution in [0.3, 0.4) is 0 Å². The van der Waals surface area contributed by atoms with Crippen molar-refractivity contribution in [2.45, 2.75) is 0 Å². The number of carbonyl (C=O) groups is 1. The van der Waals surface area contributed by atoms with Gasteiger partial charge in [-0.05, 0) is 52.9 Å². The number of benzene rings is 1. The first-order valence-corrected chi connectivity index (χ1v) is 6.34. The van der Waals surface area contributed by atoms with Crippen LogP contribution >= 0.6 is 22.6 Å². The number of ether oxygens (including phenoxy) is 1. The van der Waals surface area contributed by atoms with Gasteiger partial charge >= 0.3 is 0 Å². The Morgan fingerprint density at radius 2 is 2.17 bits per heavy atom. The lowest BCUT2D eigenvalue weighted by Gasteiger charge is -2.06. The highest BCUT2D eigenvalue weighted by Crippen LogP contribution is 2.14. The third-order valence-corrected chi connectivity index (χ3v) is 2.94. The maximum atomic E-state index is 12.0. The molecule has 0 atom stereocenters. The van der Waals surface area contributed by atoms with Gasteiger partial charge in [0.2, 0.25) is 0 Å². The molecule has 0 aliphatic carbocycles. The van der Waals surface area contributed by atoms with E-state index in [1.807, 2.05) is 6.07 Å². The molecule has 1 N–H and O–H groups in total. The standard InChI is InChI=1S/C13H11IN2O2/c1-18-11-4-2-3-9(7-11)13(17)16-12-6-5-10(14)8-15-12/h2-8H,1H3,(H,15,16,17). The predicted molar refractivity (Wildman–Crippen MR) is 77.9 cm³/mol. The van der Waals surface area contributed by atoms with Gasteiger partial charge in [0.05, 0.1) is 7.11 Å². The Kier molecular flexibility index (Phi) is 4.14. The summed E-state index contributed by atoms with van der Waals surface area (Å²) in [6.45, 7) is 0. The van der Waals surface area contributed by atoms with Gasteiger partial charge in [-0.3, -0.25) is 4.79 Å². The molecule has 1 aromatic heterocycles. The summed E-state index contributed by atoms with van der Waals surface area (Å²) in [6.07, 6.45) is 1.70. The van der Waals surface area contributed by atoms with E-state index in [-0.39, 0.29) is 5.91 Å². The maximum Gasteiger partial charge on any atom is 0.256 e. The molecule has 2 rings (SSSR count). The molecule has 0 unspecified atom stereocenters. The summed E-state index contributed by atoms with van der Waals surface area (Å²) in [4.78, 5) is 16.1. The highest BCUT2D eigenvalue weighted by atomic mass is 127. The molecule has 0 saturated heterocycles. The van der Waals surface area contributed by atoms with Crippen LogP contribution in [0, 0.1) is 3.57 Å². The van der Waals surface area contributed by atoms with E-state index in [1.54, 1.807) is 43.6 Å². The normalized spacial score (nSPS) is 9.89. The summed E-state index contributed by atoms with van der Waals surface area (Å²) in [5.74, 6) is 0.976. The number of rotatable bonds is 3. The fraction of sp³-hybridized carbons (Fsp3) is 0.0769. The second kappa shape index (κ2) is 5.81. The Morgan fingerprint density at radius 1 is 1.33 bits per heavy atom. The van der Waals surface area contributed by atoms with Gasteiger partial charge in [-0.25, -0.2) is 4.98 Å². The monoisotopic (exact) mass is 354 g/mol. The average molecular weight is 354 g/mol. The van der Waals surface area contributed by atoms with Gasteiger partial charge in [-0.1, -0.05) is 6.07 Å². The highest BCUT2D eigenvalue weighted by molar-refractivity contribution is 14.1. The fourth-order valence-electron chi connectivity index (χ4n) is 1.40. The molecule has 0 saturated carbocycles. The van der Waals surface area contributed by atoms with E-state index in [2.05, 4.69) is 32.9 Å². The number of methoxy groups -OCH3 is 1. The zero-order chi connectivity index (χ0) is 13.0. The molecule has 2 aromatic rings. The zero-order valence-corrected chi connectivity index (χ0v) is 11.8. The van der Waals surface area contributed by atoms with E-state index in [9.17, 15) is 4.79 Å². The first-order chi connectivity index (χ1) is 8.69. The Hall–Kier alpha value is -1.63. The average Bonchev–Trinajstić information content (AvgIpc) is 2.41. The minimum Gasteiger partial charge on any atom is -0.497 e. The van der Waals surface area contributed by atoms with Crippen molar-refractivity contribution in [2.24, 2.45) is 0 Å². The van der Waals surface area contributed by atoms with Gasteiger partial charge in [-0.2, -0.15) is 0 Å². The number of nitrogens with one attached hydrogen (secondary N) is 1. The van der Waals surface area contributed by atoms with Crippen LogP contribution in [0.25, 0.3) is 0 Å². The van der Waals surface area contributed by atoms with Crippen LogP contribution in [0.15, 0.2) is 42.6 Å². The SMILES string of the molecule is COc1cccc(C(=O)Nc2ccc(I)cn2)c1. The molecule has 0 aliphatic heterocycles. The zero-order valence-electron chi connectivity index (χ0n) is 9.68. The summed E-state index contributed by atoms with van der Waals surface area (Å²) >= 11 is 2.16. The summed E-state index contributed by atoms with van der Waals surface area (Å²) in [5.41, 5.74) is 0.537. The minimum absolute atomic E-state index is 0.206. The van der Waals surface area contributed by atoms with Gasteiger partial charge < -0.3 is 10.1 Å². The lowest BCUT2D eigenvalue weighted by atomic mass is 10.2. The van der Waals surface area contributed by atoms with Crippen molar-refractivity contribution >= 4 is 34.3 Å². The van der Waals surface area contributed by atoms with E-state index < -0.39 is 0 Å². The molecule has 1 aromatic carbocycles. The molecule has 1 heterocycles. The quantitative estimate of drug-likeness (QED) is 0.863. The van der Waals surface area contributed by atoms with Crippen molar-refractivity contribution in [3.63, 3.8) is 0 Å². The molecule has 0 bridgehead atoms. The second-order valence-electron chi connectivity index (χ2n) is 3.55. The lowest BCUT2D eigenvalue weighted by molar-refractivity contribution is 0.102. The minimum atomic E-state index is -0.206. The smallest absolute Gasteiger partial charge is 0.256 e. The maximum absolute atomic E-state index is 12.0. The van der Waals surface area contributed by atoms with Gasteiger partial charge in [0, 0.05) is 15.3 Å². The van der Waals surface area contributed by atoms with Crippen LogP contribution in [0.4, 0.5) is 5.82 Å². The Labute approximate surface area is 119 Å². The van der Waals surface area contributed by atoms with E-state index in [1.165, 1.54) is 0 Å². The van der Waals surface area contributed by atoms with Crippen LogP contribution in [-0.4, -0.2) is 18.0 Å². The Balaban J connectivity index is 2.14. The third-order valence-electron chi connectivity index (χ3n) is 2.30. The highest BCUT2D eigenvalue weighted by Gasteiger charge is 2.07. The second-order valence-corrected chi connectivity index (χ2v) is 4.79. The number of nitrogens with zero attached hydrogens (tertiary/aromatic N) is 1. The first-order valence-electron chi connectivity index (χ1n) is 5.26. The lowest BCUT2D eigenvalue weighted by Crippen LogP contribution is -2.12. The largest absolute Gasteiger partial charge is 0.497 e. The number of anilines is 1. The first kappa shape index (κ1) is 12.8. The van der Waals surface area contributed by atoms with Gasteiger partial charge in [0.1, 0.15) is 11.6 Å². The molecule has 4 nitrogen and oxygen atoms in total. The number of aromatic nitrogens is 1. The molecule has 0 radical (unpaired) electrons. The molecular formula is C13H11IN2O2. The summed E-state index contributed by atoms with van der Waals surface area (Å²) in [6, 6.07) is 10.6. The molecule has 5 heteroatoms. The molecule has 0 fully saturated rings. The van der Waals surface area contributed by atoms with Crippen molar-refractivity contribution < 1.29 is 9.53 Å². The summed E-state index contributed by atoms with van der Waals surface area (Å²) in [7, 11) is 1.57. The van der Waals surface area contributed by atoms with Crippen molar-refractivity contribution in [1.82, 2.24) is 4.98 Å². The van der Waals surface area contributed by atoms with E-state index in [4.69, 9.17) is 4.74 Å². The Morgan fingerprint density at radius 3 is 2.83 bits per heavy atom. The van der Waals surface area contributed by atoms with E-state index in [0.29, 0.717) is 17.1 Å². The van der Waals surface area contributed by atoms with Crippen LogP contribution in [0.2, 0.25) is 0 Å². The Bertz CT molecular complexity index is 555. The van der Waals surface area contributed by atoms with Crippen molar-refractivity contribution in [1.29, 1.82) is 0 Å². The topological polar surface area (TPSA) is 51.2 Å². The predicted octanol–water partition coefficient (Wildman–Crippen LogP) is 2.95. The van der Waals surface area contributed by atoms with Crippen LogP contribution in [-0.2, 0) is 0 Å². The number of carbonyl (C=O) groups excluding carboxylic acids is 1. The number of hydrogen-bond acceptors (Lipinski definition) is 3. The van der Waals surface area contributed by atoms with E-state index in [0.717, 1.165) is 3.57 Å². The fourth-order valence-corrected chi connectivity index (χ4v) is 1.72. The molecule has 0 aliphatic rings. The summed E-state index contributed by atoms with van der Waals surface area (Å²) in [5, 5.41) is 2.73.